The highest BCUT2D eigenvalue weighted by Crippen LogP contribution is 2.25. The molecule has 156 valence electrons. The number of benzene rings is 2. The second kappa shape index (κ2) is 8.20. The smallest absolute Gasteiger partial charge is 0.270 e. The Morgan fingerprint density at radius 1 is 0.968 bits per heavy atom. The lowest BCUT2D eigenvalue weighted by Gasteiger charge is -2.29. The standard InChI is InChI=1S/C24H21N3O3S/c1-15-6-7-19(13-16(15)2)27-23(29)21(22(28)25-24(27)31)14-18-5-4-12-26(18)17-8-10-20(30-3)11-9-17/h4-14H,1-3H3,(H,25,28,31). The summed E-state index contributed by atoms with van der Waals surface area (Å²) in [5.41, 5.74) is 4.34. The van der Waals surface area contributed by atoms with Crippen LogP contribution in [0.2, 0.25) is 0 Å². The van der Waals surface area contributed by atoms with Crippen LogP contribution in [0.25, 0.3) is 11.8 Å². The third kappa shape index (κ3) is 3.87. The normalized spacial score (nSPS) is 15.4. The number of hydrogen-bond acceptors (Lipinski definition) is 4. The fourth-order valence-electron chi connectivity index (χ4n) is 3.39. The predicted octanol–water partition coefficient (Wildman–Crippen LogP) is 3.93. The molecular formula is C24H21N3O3S. The van der Waals surface area contributed by atoms with E-state index >= 15 is 0 Å². The molecule has 0 bridgehead atoms. The number of ether oxygens (including phenoxy) is 1. The molecule has 1 aliphatic rings. The van der Waals surface area contributed by atoms with E-state index < -0.39 is 11.8 Å². The Labute approximate surface area is 185 Å². The molecule has 3 aromatic rings. The number of amides is 2. The maximum atomic E-state index is 13.3. The SMILES string of the molecule is COc1ccc(-n2cccc2C=C2C(=O)NC(=S)N(c3ccc(C)c(C)c3)C2=O)cc1. The second-order valence-electron chi connectivity index (χ2n) is 7.23. The molecule has 1 saturated heterocycles. The summed E-state index contributed by atoms with van der Waals surface area (Å²) in [5, 5.41) is 2.70. The molecule has 0 atom stereocenters. The minimum absolute atomic E-state index is 0.0142. The lowest BCUT2D eigenvalue weighted by atomic mass is 10.1. The van der Waals surface area contributed by atoms with Crippen LogP contribution < -0.4 is 15.0 Å². The first-order chi connectivity index (χ1) is 14.9. The summed E-state index contributed by atoms with van der Waals surface area (Å²) in [7, 11) is 1.61. The first-order valence-corrected chi connectivity index (χ1v) is 10.1. The molecule has 0 radical (unpaired) electrons. The molecule has 2 heterocycles. The first kappa shape index (κ1) is 20.6. The number of anilines is 1. The molecule has 1 aliphatic heterocycles. The largest absolute Gasteiger partial charge is 0.497 e. The Hall–Kier alpha value is -3.71. The fourth-order valence-corrected chi connectivity index (χ4v) is 3.68. The van der Waals surface area contributed by atoms with Gasteiger partial charge in [0.05, 0.1) is 12.8 Å². The van der Waals surface area contributed by atoms with Gasteiger partial charge in [-0.3, -0.25) is 19.8 Å². The second-order valence-corrected chi connectivity index (χ2v) is 7.61. The van der Waals surface area contributed by atoms with Gasteiger partial charge in [0.2, 0.25) is 0 Å². The Bertz CT molecular complexity index is 1230. The van der Waals surface area contributed by atoms with Crippen molar-refractivity contribution in [2.75, 3.05) is 12.0 Å². The van der Waals surface area contributed by atoms with Crippen molar-refractivity contribution in [1.82, 2.24) is 9.88 Å². The summed E-state index contributed by atoms with van der Waals surface area (Å²) in [6.45, 7) is 3.96. The third-order valence-corrected chi connectivity index (χ3v) is 5.56. The van der Waals surface area contributed by atoms with Crippen LogP contribution in [0.5, 0.6) is 5.75 Å². The van der Waals surface area contributed by atoms with Crippen LogP contribution >= 0.6 is 12.2 Å². The van der Waals surface area contributed by atoms with E-state index in [2.05, 4.69) is 5.32 Å². The lowest BCUT2D eigenvalue weighted by Crippen LogP contribution is -2.54. The Kier molecular flexibility index (Phi) is 5.44. The van der Waals surface area contributed by atoms with Gasteiger partial charge in [0.15, 0.2) is 5.11 Å². The molecule has 31 heavy (non-hydrogen) atoms. The van der Waals surface area contributed by atoms with Crippen molar-refractivity contribution < 1.29 is 14.3 Å². The maximum absolute atomic E-state index is 13.3. The van der Waals surface area contributed by atoms with Crippen LogP contribution in [-0.4, -0.2) is 28.6 Å². The van der Waals surface area contributed by atoms with Crippen molar-refractivity contribution >= 4 is 40.9 Å². The zero-order valence-electron chi connectivity index (χ0n) is 17.4. The summed E-state index contributed by atoms with van der Waals surface area (Å²) >= 11 is 5.30. The highest BCUT2D eigenvalue weighted by Gasteiger charge is 2.34. The van der Waals surface area contributed by atoms with Gasteiger partial charge in [-0.2, -0.15) is 0 Å². The van der Waals surface area contributed by atoms with Crippen molar-refractivity contribution in [3.63, 3.8) is 0 Å². The number of rotatable bonds is 4. The zero-order valence-corrected chi connectivity index (χ0v) is 18.2. The van der Waals surface area contributed by atoms with Gasteiger partial charge in [0.1, 0.15) is 11.3 Å². The first-order valence-electron chi connectivity index (χ1n) is 9.69. The lowest BCUT2D eigenvalue weighted by molar-refractivity contribution is -0.122. The Morgan fingerprint density at radius 3 is 2.35 bits per heavy atom. The predicted molar refractivity (Wildman–Crippen MR) is 124 cm³/mol. The number of aromatic nitrogens is 1. The van der Waals surface area contributed by atoms with Crippen LogP contribution in [0.4, 0.5) is 5.69 Å². The van der Waals surface area contributed by atoms with E-state index in [1.807, 2.05) is 79.2 Å². The molecule has 7 heteroatoms. The molecule has 0 spiro atoms. The summed E-state index contributed by atoms with van der Waals surface area (Å²) < 4.78 is 7.10. The van der Waals surface area contributed by atoms with E-state index in [0.717, 1.165) is 22.6 Å². The van der Waals surface area contributed by atoms with Crippen molar-refractivity contribution in [3.8, 4) is 11.4 Å². The van der Waals surface area contributed by atoms with Crippen molar-refractivity contribution in [1.29, 1.82) is 0 Å². The summed E-state index contributed by atoms with van der Waals surface area (Å²) in [6, 6.07) is 16.8. The topological polar surface area (TPSA) is 63.6 Å². The van der Waals surface area contributed by atoms with E-state index in [-0.39, 0.29) is 10.7 Å². The van der Waals surface area contributed by atoms with Gasteiger partial charge in [-0.15, -0.1) is 0 Å². The Morgan fingerprint density at radius 2 is 1.68 bits per heavy atom. The summed E-state index contributed by atoms with van der Waals surface area (Å²) in [4.78, 5) is 27.3. The summed E-state index contributed by atoms with van der Waals surface area (Å²) in [5.74, 6) is -0.229. The molecule has 1 fully saturated rings. The average Bonchev–Trinajstić information content (AvgIpc) is 3.22. The molecule has 2 amide bonds. The molecule has 6 nitrogen and oxygen atoms in total. The van der Waals surface area contributed by atoms with Gasteiger partial charge in [-0.25, -0.2) is 0 Å². The fraction of sp³-hybridized carbons (Fsp3) is 0.125. The number of carbonyl (C=O) groups is 2. The minimum Gasteiger partial charge on any atom is -0.497 e. The van der Waals surface area contributed by atoms with Gasteiger partial charge >= 0.3 is 0 Å². The van der Waals surface area contributed by atoms with Crippen LogP contribution in [0.1, 0.15) is 16.8 Å². The molecule has 1 N–H and O–H groups in total. The third-order valence-electron chi connectivity index (χ3n) is 5.27. The van der Waals surface area contributed by atoms with Crippen LogP contribution in [0, 0.1) is 13.8 Å². The van der Waals surface area contributed by atoms with E-state index in [1.54, 1.807) is 13.2 Å². The van der Waals surface area contributed by atoms with Crippen LogP contribution in [-0.2, 0) is 9.59 Å². The van der Waals surface area contributed by atoms with E-state index in [0.29, 0.717) is 11.4 Å². The minimum atomic E-state index is -0.516. The van der Waals surface area contributed by atoms with Crippen molar-refractivity contribution in [2.24, 2.45) is 0 Å². The molecule has 2 aromatic carbocycles. The van der Waals surface area contributed by atoms with Gasteiger partial charge in [0, 0.05) is 17.6 Å². The van der Waals surface area contributed by atoms with Gasteiger partial charge in [-0.05, 0) is 91.8 Å². The number of carbonyl (C=O) groups excluding carboxylic acids is 2. The average molecular weight is 432 g/mol. The number of hydrogen-bond donors (Lipinski definition) is 1. The van der Waals surface area contributed by atoms with Crippen molar-refractivity contribution in [3.05, 3.63) is 83.2 Å². The van der Waals surface area contributed by atoms with Crippen LogP contribution in [0.3, 0.4) is 0 Å². The maximum Gasteiger partial charge on any atom is 0.270 e. The Balaban J connectivity index is 1.73. The van der Waals surface area contributed by atoms with Crippen molar-refractivity contribution in [2.45, 2.75) is 13.8 Å². The van der Waals surface area contributed by atoms with E-state index in [1.165, 1.54) is 4.90 Å². The van der Waals surface area contributed by atoms with Gasteiger partial charge in [-0.1, -0.05) is 6.07 Å². The molecule has 0 unspecified atom stereocenters. The van der Waals surface area contributed by atoms with E-state index in [9.17, 15) is 9.59 Å². The monoisotopic (exact) mass is 431 g/mol. The number of methoxy groups -OCH3 is 1. The molecule has 4 rings (SSSR count). The highest BCUT2D eigenvalue weighted by atomic mass is 32.1. The van der Waals surface area contributed by atoms with Crippen LogP contribution in [0.15, 0.2) is 66.4 Å². The quantitative estimate of drug-likeness (QED) is 0.386. The van der Waals surface area contributed by atoms with Gasteiger partial charge in [0.25, 0.3) is 11.8 Å². The number of thiocarbonyl (C=S) groups is 1. The number of nitrogens with zero attached hydrogens (tertiary/aromatic N) is 2. The van der Waals surface area contributed by atoms with Gasteiger partial charge < -0.3 is 9.30 Å². The molecule has 1 aromatic heterocycles. The van der Waals surface area contributed by atoms with E-state index in [4.69, 9.17) is 17.0 Å². The number of aryl methyl sites for hydroxylation is 2. The molecular weight excluding hydrogens is 410 g/mol. The highest BCUT2D eigenvalue weighted by molar-refractivity contribution is 7.80. The zero-order chi connectivity index (χ0) is 22.1. The number of nitrogens with one attached hydrogen (secondary N) is 1. The molecule has 0 saturated carbocycles. The summed E-state index contributed by atoms with van der Waals surface area (Å²) in [6.07, 6.45) is 3.45. The molecule has 0 aliphatic carbocycles.